The van der Waals surface area contributed by atoms with E-state index in [4.69, 9.17) is 15.2 Å². The SMILES string of the molecule is COc1cc2ccccc2cc1C(=O)OCC(N)=O. The van der Waals surface area contributed by atoms with Crippen LogP contribution in [0.4, 0.5) is 0 Å². The first-order valence-corrected chi connectivity index (χ1v) is 5.64. The first-order valence-electron chi connectivity index (χ1n) is 5.64. The minimum Gasteiger partial charge on any atom is -0.496 e. The molecule has 0 bridgehead atoms. The lowest BCUT2D eigenvalue weighted by Gasteiger charge is -2.09. The van der Waals surface area contributed by atoms with E-state index in [1.165, 1.54) is 7.11 Å². The molecule has 0 unspecified atom stereocenters. The largest absolute Gasteiger partial charge is 0.496 e. The van der Waals surface area contributed by atoms with E-state index in [2.05, 4.69) is 0 Å². The van der Waals surface area contributed by atoms with Gasteiger partial charge in [0.1, 0.15) is 11.3 Å². The zero-order chi connectivity index (χ0) is 13.8. The van der Waals surface area contributed by atoms with Gasteiger partial charge in [-0.2, -0.15) is 0 Å². The summed E-state index contributed by atoms with van der Waals surface area (Å²) in [4.78, 5) is 22.5. The molecule has 0 aliphatic rings. The third-order valence-electron chi connectivity index (χ3n) is 2.63. The number of benzene rings is 2. The van der Waals surface area contributed by atoms with Crippen molar-refractivity contribution in [3.63, 3.8) is 0 Å². The van der Waals surface area contributed by atoms with Gasteiger partial charge in [0.2, 0.25) is 0 Å². The predicted molar refractivity (Wildman–Crippen MR) is 70.0 cm³/mol. The Morgan fingerprint density at radius 3 is 2.37 bits per heavy atom. The molecular weight excluding hydrogens is 246 g/mol. The molecule has 0 spiro atoms. The zero-order valence-corrected chi connectivity index (χ0v) is 10.4. The molecule has 0 saturated heterocycles. The summed E-state index contributed by atoms with van der Waals surface area (Å²) in [6.07, 6.45) is 0. The highest BCUT2D eigenvalue weighted by Crippen LogP contribution is 2.26. The number of esters is 1. The molecule has 0 aromatic heterocycles. The monoisotopic (exact) mass is 259 g/mol. The third kappa shape index (κ3) is 2.82. The second-order valence-electron chi connectivity index (χ2n) is 3.94. The molecule has 2 aromatic rings. The number of ether oxygens (including phenoxy) is 2. The van der Waals surface area contributed by atoms with Crippen molar-refractivity contribution in [3.8, 4) is 5.75 Å². The number of hydrogen-bond acceptors (Lipinski definition) is 4. The smallest absolute Gasteiger partial charge is 0.342 e. The molecule has 0 heterocycles. The highest BCUT2D eigenvalue weighted by atomic mass is 16.5. The lowest BCUT2D eigenvalue weighted by Crippen LogP contribution is -2.21. The van der Waals surface area contributed by atoms with Crippen molar-refractivity contribution in [2.24, 2.45) is 5.73 Å². The van der Waals surface area contributed by atoms with Crippen LogP contribution in [0, 0.1) is 0 Å². The Morgan fingerprint density at radius 1 is 1.16 bits per heavy atom. The summed E-state index contributed by atoms with van der Waals surface area (Å²) in [5, 5.41) is 1.83. The standard InChI is InChI=1S/C14H13NO4/c1-18-12-7-10-5-3-2-4-9(10)6-11(12)14(17)19-8-13(15)16/h2-7H,8H2,1H3,(H2,15,16). The third-order valence-corrected chi connectivity index (χ3v) is 2.63. The average Bonchev–Trinajstić information content (AvgIpc) is 2.43. The van der Waals surface area contributed by atoms with Gasteiger partial charge < -0.3 is 15.2 Å². The number of nitrogens with two attached hydrogens (primary N) is 1. The van der Waals surface area contributed by atoms with Crippen LogP contribution in [-0.4, -0.2) is 25.6 Å². The molecule has 0 aliphatic carbocycles. The van der Waals surface area contributed by atoms with Gasteiger partial charge >= 0.3 is 5.97 Å². The fourth-order valence-electron chi connectivity index (χ4n) is 1.76. The molecule has 0 atom stereocenters. The van der Waals surface area contributed by atoms with E-state index in [0.29, 0.717) is 5.75 Å². The molecule has 2 aromatic carbocycles. The topological polar surface area (TPSA) is 78.6 Å². The number of amides is 1. The second-order valence-corrected chi connectivity index (χ2v) is 3.94. The molecule has 2 rings (SSSR count). The van der Waals surface area contributed by atoms with E-state index in [1.54, 1.807) is 12.1 Å². The van der Waals surface area contributed by atoms with E-state index < -0.39 is 18.5 Å². The van der Waals surface area contributed by atoms with E-state index >= 15 is 0 Å². The van der Waals surface area contributed by atoms with Crippen molar-refractivity contribution in [2.75, 3.05) is 13.7 Å². The van der Waals surface area contributed by atoms with Gasteiger partial charge in [-0.1, -0.05) is 24.3 Å². The number of hydrogen-bond donors (Lipinski definition) is 1. The van der Waals surface area contributed by atoms with E-state index in [1.807, 2.05) is 24.3 Å². The van der Waals surface area contributed by atoms with E-state index in [9.17, 15) is 9.59 Å². The molecule has 0 fully saturated rings. The van der Waals surface area contributed by atoms with Crippen LogP contribution in [0.1, 0.15) is 10.4 Å². The minimum absolute atomic E-state index is 0.266. The summed E-state index contributed by atoms with van der Waals surface area (Å²) in [6.45, 7) is -0.450. The Morgan fingerprint density at radius 2 is 1.79 bits per heavy atom. The van der Waals surface area contributed by atoms with Gasteiger partial charge in [0.05, 0.1) is 7.11 Å². The van der Waals surface area contributed by atoms with Crippen LogP contribution in [-0.2, 0) is 9.53 Å². The Kier molecular flexibility index (Phi) is 3.66. The Bertz CT molecular complexity index is 636. The van der Waals surface area contributed by atoms with E-state index in [0.717, 1.165) is 10.8 Å². The summed E-state index contributed by atoms with van der Waals surface area (Å²) >= 11 is 0. The van der Waals surface area contributed by atoms with Crippen LogP contribution < -0.4 is 10.5 Å². The summed E-state index contributed by atoms with van der Waals surface area (Å²) < 4.78 is 9.95. The number of carbonyl (C=O) groups is 2. The van der Waals surface area contributed by atoms with Crippen molar-refractivity contribution < 1.29 is 19.1 Å². The quantitative estimate of drug-likeness (QED) is 0.844. The summed E-state index contributed by atoms with van der Waals surface area (Å²) in [6, 6.07) is 11.0. The van der Waals surface area contributed by atoms with Gasteiger partial charge in [0.15, 0.2) is 6.61 Å². The lowest BCUT2D eigenvalue weighted by molar-refractivity contribution is -0.121. The molecule has 0 saturated carbocycles. The lowest BCUT2D eigenvalue weighted by atomic mass is 10.1. The van der Waals surface area contributed by atoms with Gasteiger partial charge in [-0.25, -0.2) is 4.79 Å². The highest BCUT2D eigenvalue weighted by molar-refractivity contribution is 5.99. The van der Waals surface area contributed by atoms with Gasteiger partial charge in [0.25, 0.3) is 5.91 Å². The average molecular weight is 259 g/mol. The molecule has 1 amide bonds. The molecule has 0 radical (unpaired) electrons. The number of rotatable bonds is 4. The second kappa shape index (κ2) is 5.39. The van der Waals surface area contributed by atoms with Crippen molar-refractivity contribution in [1.82, 2.24) is 0 Å². The number of primary amides is 1. The van der Waals surface area contributed by atoms with Crippen LogP contribution >= 0.6 is 0 Å². The van der Waals surface area contributed by atoms with Crippen LogP contribution in [0.15, 0.2) is 36.4 Å². The van der Waals surface area contributed by atoms with E-state index in [-0.39, 0.29) is 5.56 Å². The van der Waals surface area contributed by atoms with Crippen LogP contribution in [0.25, 0.3) is 10.8 Å². The fraction of sp³-hybridized carbons (Fsp3) is 0.143. The fourth-order valence-corrected chi connectivity index (χ4v) is 1.76. The number of carbonyl (C=O) groups excluding carboxylic acids is 2. The Labute approximate surface area is 109 Å². The summed E-state index contributed by atoms with van der Waals surface area (Å²) in [5.41, 5.74) is 5.20. The maximum atomic E-state index is 11.9. The molecule has 98 valence electrons. The van der Waals surface area contributed by atoms with Crippen LogP contribution in [0.5, 0.6) is 5.75 Å². The Balaban J connectivity index is 2.40. The first-order chi connectivity index (χ1) is 9.11. The van der Waals surface area contributed by atoms with Crippen molar-refractivity contribution in [2.45, 2.75) is 0 Å². The molecule has 5 nitrogen and oxygen atoms in total. The highest BCUT2D eigenvalue weighted by Gasteiger charge is 2.15. The molecule has 5 heteroatoms. The van der Waals surface area contributed by atoms with Gasteiger partial charge in [0, 0.05) is 0 Å². The van der Waals surface area contributed by atoms with Gasteiger partial charge in [-0.05, 0) is 22.9 Å². The Hall–Kier alpha value is -2.56. The van der Waals surface area contributed by atoms with Crippen molar-refractivity contribution >= 4 is 22.6 Å². The van der Waals surface area contributed by atoms with Crippen LogP contribution in [0.2, 0.25) is 0 Å². The summed E-state index contributed by atoms with van der Waals surface area (Å²) in [5.74, 6) is -0.942. The minimum atomic E-state index is -0.701. The molecule has 0 aliphatic heterocycles. The predicted octanol–water partition coefficient (Wildman–Crippen LogP) is 1.49. The van der Waals surface area contributed by atoms with Crippen LogP contribution in [0.3, 0.4) is 0 Å². The van der Waals surface area contributed by atoms with Gasteiger partial charge in [-0.15, -0.1) is 0 Å². The molecule has 2 N–H and O–H groups in total. The van der Waals surface area contributed by atoms with Gasteiger partial charge in [-0.3, -0.25) is 4.79 Å². The van der Waals surface area contributed by atoms with Crippen molar-refractivity contribution in [1.29, 1.82) is 0 Å². The summed E-state index contributed by atoms with van der Waals surface area (Å²) in [7, 11) is 1.47. The molecular formula is C14H13NO4. The number of methoxy groups -OCH3 is 1. The zero-order valence-electron chi connectivity index (χ0n) is 10.4. The maximum absolute atomic E-state index is 11.9. The maximum Gasteiger partial charge on any atom is 0.342 e. The first kappa shape index (κ1) is 12.9. The number of fused-ring (bicyclic) bond motifs is 1. The van der Waals surface area contributed by atoms with Crippen molar-refractivity contribution in [3.05, 3.63) is 42.0 Å². The molecule has 19 heavy (non-hydrogen) atoms. The normalized spacial score (nSPS) is 10.2.